The molecular formula is C26H24F3NO5. The highest BCUT2D eigenvalue weighted by Crippen LogP contribution is 2.30. The van der Waals surface area contributed by atoms with Crippen LogP contribution in [0.15, 0.2) is 66.7 Å². The molecular weight excluding hydrogens is 463 g/mol. The first-order valence-corrected chi connectivity index (χ1v) is 10.7. The smallest absolute Gasteiger partial charge is 0.433 e. The third-order valence-corrected chi connectivity index (χ3v) is 5.41. The molecule has 0 amide bonds. The third-order valence-electron chi connectivity index (χ3n) is 5.41. The number of hydrogen-bond acceptors (Lipinski definition) is 6. The number of hydrogen-bond donors (Lipinski definition) is 0. The van der Waals surface area contributed by atoms with Crippen molar-refractivity contribution in [2.75, 3.05) is 14.2 Å². The van der Waals surface area contributed by atoms with Crippen molar-refractivity contribution in [1.29, 1.82) is 0 Å². The van der Waals surface area contributed by atoms with Gasteiger partial charge in [0.1, 0.15) is 12.3 Å². The van der Waals surface area contributed by atoms with Crippen LogP contribution in [0.25, 0.3) is 0 Å². The van der Waals surface area contributed by atoms with Gasteiger partial charge in [-0.2, -0.15) is 13.2 Å². The first-order valence-electron chi connectivity index (χ1n) is 10.7. The van der Waals surface area contributed by atoms with E-state index >= 15 is 0 Å². The molecule has 0 radical (unpaired) electrons. The average Bonchev–Trinajstić information content (AvgIpc) is 2.86. The molecule has 3 rings (SSSR count). The van der Waals surface area contributed by atoms with E-state index in [0.717, 1.165) is 17.2 Å². The Hall–Kier alpha value is -3.88. The summed E-state index contributed by atoms with van der Waals surface area (Å²) in [6.07, 6.45) is -4.31. The molecule has 0 aliphatic heterocycles. The zero-order chi connectivity index (χ0) is 25.4. The lowest BCUT2D eigenvalue weighted by Gasteiger charge is -2.20. The van der Waals surface area contributed by atoms with Crippen LogP contribution in [0.2, 0.25) is 0 Å². The van der Waals surface area contributed by atoms with Crippen molar-refractivity contribution in [3.05, 3.63) is 94.7 Å². The molecule has 2 aromatic carbocycles. The minimum absolute atomic E-state index is 0.0482. The van der Waals surface area contributed by atoms with Crippen LogP contribution in [0.1, 0.15) is 33.9 Å². The maximum absolute atomic E-state index is 13.0. The summed E-state index contributed by atoms with van der Waals surface area (Å²) in [6, 6.07) is 17.6. The predicted molar refractivity (Wildman–Crippen MR) is 121 cm³/mol. The van der Waals surface area contributed by atoms with Crippen molar-refractivity contribution >= 4 is 11.9 Å². The fourth-order valence-corrected chi connectivity index (χ4v) is 3.65. The Bertz CT molecular complexity index is 1180. The molecule has 0 saturated carbocycles. The van der Waals surface area contributed by atoms with Gasteiger partial charge in [-0.15, -0.1) is 0 Å². The van der Waals surface area contributed by atoms with Crippen LogP contribution in [0, 0.1) is 0 Å². The first kappa shape index (κ1) is 25.7. The van der Waals surface area contributed by atoms with Gasteiger partial charge in [0.15, 0.2) is 0 Å². The number of benzene rings is 2. The highest BCUT2D eigenvalue weighted by molar-refractivity contribution is 5.79. The standard InChI is InChI=1S/C26H24F3NO5/c1-33-24(31)15-18-9-4-3-8-17(18)14-21(25(32)34-2)20-11-6-5-10-19(20)16-35-23-13-7-12-22(30-23)26(27,28)29/h3-13,21H,14-16H2,1-2H3. The summed E-state index contributed by atoms with van der Waals surface area (Å²) in [5.41, 5.74) is 1.61. The van der Waals surface area contributed by atoms with Crippen molar-refractivity contribution in [3.8, 4) is 5.88 Å². The number of alkyl halides is 3. The number of rotatable bonds is 9. The molecule has 0 aliphatic carbocycles. The lowest BCUT2D eigenvalue weighted by Crippen LogP contribution is -2.20. The third kappa shape index (κ3) is 6.81. The summed E-state index contributed by atoms with van der Waals surface area (Å²) in [7, 11) is 2.58. The van der Waals surface area contributed by atoms with Crippen molar-refractivity contribution < 1.29 is 37.0 Å². The van der Waals surface area contributed by atoms with E-state index in [0.29, 0.717) is 11.1 Å². The number of halogens is 3. The van der Waals surface area contributed by atoms with Crippen molar-refractivity contribution in [3.63, 3.8) is 0 Å². The summed E-state index contributed by atoms with van der Waals surface area (Å²) < 4.78 is 54.3. The summed E-state index contributed by atoms with van der Waals surface area (Å²) in [5.74, 6) is -1.84. The molecule has 1 heterocycles. The van der Waals surface area contributed by atoms with E-state index in [9.17, 15) is 22.8 Å². The first-order chi connectivity index (χ1) is 16.7. The fraction of sp³-hybridized carbons (Fsp3) is 0.269. The molecule has 184 valence electrons. The molecule has 6 nitrogen and oxygen atoms in total. The Kier molecular flexibility index (Phi) is 8.46. The van der Waals surface area contributed by atoms with E-state index in [1.165, 1.54) is 26.4 Å². The quantitative estimate of drug-likeness (QED) is 0.400. The number of methoxy groups -OCH3 is 2. The van der Waals surface area contributed by atoms with Crippen LogP contribution in [-0.2, 0) is 44.7 Å². The Morgan fingerprint density at radius 2 is 1.51 bits per heavy atom. The van der Waals surface area contributed by atoms with Gasteiger partial charge in [0.05, 0.1) is 26.6 Å². The van der Waals surface area contributed by atoms with Gasteiger partial charge in [0.25, 0.3) is 0 Å². The second-order valence-corrected chi connectivity index (χ2v) is 7.65. The molecule has 1 unspecified atom stereocenters. The van der Waals surface area contributed by atoms with E-state index in [-0.39, 0.29) is 25.3 Å². The highest BCUT2D eigenvalue weighted by Gasteiger charge is 2.32. The van der Waals surface area contributed by atoms with Gasteiger partial charge < -0.3 is 14.2 Å². The minimum atomic E-state index is -4.59. The molecule has 35 heavy (non-hydrogen) atoms. The monoisotopic (exact) mass is 487 g/mol. The molecule has 0 aliphatic rings. The van der Waals surface area contributed by atoms with Gasteiger partial charge in [-0.3, -0.25) is 9.59 Å². The van der Waals surface area contributed by atoms with E-state index in [4.69, 9.17) is 14.2 Å². The maximum atomic E-state index is 13.0. The number of ether oxygens (including phenoxy) is 3. The predicted octanol–water partition coefficient (Wildman–Crippen LogP) is 4.89. The van der Waals surface area contributed by atoms with Crippen LogP contribution < -0.4 is 4.74 Å². The van der Waals surface area contributed by atoms with Gasteiger partial charge >= 0.3 is 18.1 Å². The van der Waals surface area contributed by atoms with Gasteiger partial charge in [-0.05, 0) is 34.7 Å². The normalized spacial score (nSPS) is 12.0. The van der Waals surface area contributed by atoms with Crippen molar-refractivity contribution in [2.24, 2.45) is 0 Å². The van der Waals surface area contributed by atoms with Crippen molar-refractivity contribution in [1.82, 2.24) is 4.98 Å². The molecule has 3 aromatic rings. The van der Waals surface area contributed by atoms with Gasteiger partial charge in [-0.1, -0.05) is 54.6 Å². The number of carbonyl (C=O) groups is 2. The van der Waals surface area contributed by atoms with E-state index in [2.05, 4.69) is 4.98 Å². The Balaban J connectivity index is 1.89. The SMILES string of the molecule is COC(=O)Cc1ccccc1CC(C(=O)OC)c1ccccc1COc1cccc(C(F)(F)F)n1. The van der Waals surface area contributed by atoms with Crippen molar-refractivity contribution in [2.45, 2.75) is 31.5 Å². The summed E-state index contributed by atoms with van der Waals surface area (Å²) in [5, 5.41) is 0. The number of nitrogens with zero attached hydrogens (tertiary/aromatic N) is 1. The molecule has 1 aromatic heterocycles. The molecule has 0 N–H and O–H groups in total. The minimum Gasteiger partial charge on any atom is -0.473 e. The summed E-state index contributed by atoms with van der Waals surface area (Å²) in [6.45, 7) is -0.109. The van der Waals surface area contributed by atoms with Crippen LogP contribution >= 0.6 is 0 Å². The lowest BCUT2D eigenvalue weighted by atomic mass is 9.87. The Labute approximate surface area is 200 Å². The number of aromatic nitrogens is 1. The van der Waals surface area contributed by atoms with Crippen LogP contribution in [0.3, 0.4) is 0 Å². The van der Waals surface area contributed by atoms with Crippen LogP contribution in [0.4, 0.5) is 13.2 Å². The van der Waals surface area contributed by atoms with E-state index in [1.807, 2.05) is 6.07 Å². The van der Waals surface area contributed by atoms with E-state index < -0.39 is 29.7 Å². The highest BCUT2D eigenvalue weighted by atomic mass is 19.4. The zero-order valence-corrected chi connectivity index (χ0v) is 19.2. The number of esters is 2. The zero-order valence-electron chi connectivity index (χ0n) is 19.2. The summed E-state index contributed by atoms with van der Waals surface area (Å²) >= 11 is 0. The molecule has 1 atom stereocenters. The number of pyridine rings is 1. The number of carbonyl (C=O) groups excluding carboxylic acids is 2. The van der Waals surface area contributed by atoms with Gasteiger partial charge in [0, 0.05) is 6.07 Å². The second-order valence-electron chi connectivity index (χ2n) is 7.65. The topological polar surface area (TPSA) is 74.7 Å². The van der Waals surface area contributed by atoms with Crippen LogP contribution in [-0.4, -0.2) is 31.1 Å². The lowest BCUT2D eigenvalue weighted by molar-refractivity contribution is -0.143. The van der Waals surface area contributed by atoms with Gasteiger partial charge in [-0.25, -0.2) is 4.98 Å². The van der Waals surface area contributed by atoms with Gasteiger partial charge in [0.2, 0.25) is 5.88 Å². The molecule has 0 bridgehead atoms. The molecule has 9 heteroatoms. The maximum Gasteiger partial charge on any atom is 0.433 e. The van der Waals surface area contributed by atoms with Crippen LogP contribution in [0.5, 0.6) is 5.88 Å². The molecule has 0 saturated heterocycles. The molecule has 0 fully saturated rings. The molecule has 0 spiro atoms. The fourth-order valence-electron chi connectivity index (χ4n) is 3.65. The second kappa shape index (κ2) is 11.5. The van der Waals surface area contributed by atoms with E-state index in [1.54, 1.807) is 42.5 Å². The summed E-state index contributed by atoms with van der Waals surface area (Å²) in [4.78, 5) is 28.1. The Morgan fingerprint density at radius 1 is 0.857 bits per heavy atom. The Morgan fingerprint density at radius 3 is 2.17 bits per heavy atom. The average molecular weight is 487 g/mol. The largest absolute Gasteiger partial charge is 0.473 e.